The molecule has 9 aromatic carbocycles. The second-order valence-electron chi connectivity index (χ2n) is 14.8. The smallest absolute Gasteiger partial charge is 0.0788 e. The van der Waals surface area contributed by atoms with Crippen LogP contribution in [0.5, 0.6) is 0 Å². The fourth-order valence-corrected chi connectivity index (χ4v) is 8.57. The lowest BCUT2D eigenvalue weighted by Gasteiger charge is -2.26. The Balaban J connectivity index is 1.06. The molecule has 0 aliphatic rings. The minimum absolute atomic E-state index is 0.970. The predicted octanol–water partition coefficient (Wildman–Crippen LogP) is 15.0. The summed E-state index contributed by atoms with van der Waals surface area (Å²) in [6, 6.07) is 80.4. The van der Waals surface area contributed by atoms with Gasteiger partial charge in [0.05, 0.1) is 22.2 Å². The average molecular weight is 740 g/mol. The monoisotopic (exact) mass is 739 g/mol. The molecule has 0 bridgehead atoms. The number of aromatic nitrogens is 2. The summed E-state index contributed by atoms with van der Waals surface area (Å²) >= 11 is 0. The summed E-state index contributed by atoms with van der Waals surface area (Å²) in [4.78, 5) is 7.72. The first-order chi connectivity index (χ1) is 28.8. The van der Waals surface area contributed by atoms with Gasteiger partial charge in [-0.3, -0.25) is 0 Å². The highest BCUT2D eigenvalue weighted by Gasteiger charge is 2.19. The van der Waals surface area contributed by atoms with E-state index >= 15 is 0 Å². The van der Waals surface area contributed by atoms with Gasteiger partial charge in [0, 0.05) is 49.9 Å². The molecule has 2 heterocycles. The number of para-hydroxylation sites is 3. The topological polar surface area (TPSA) is 21.1 Å². The van der Waals surface area contributed by atoms with Gasteiger partial charge in [0.15, 0.2) is 0 Å². The number of anilines is 3. The maximum absolute atomic E-state index is 5.38. The normalized spacial score (nSPS) is 11.4. The molecule has 0 spiro atoms. The van der Waals surface area contributed by atoms with Crippen LogP contribution in [-0.4, -0.2) is 9.55 Å². The molecule has 0 atom stereocenters. The highest BCUT2D eigenvalue weighted by Crippen LogP contribution is 2.42. The van der Waals surface area contributed by atoms with Gasteiger partial charge in [0.2, 0.25) is 0 Å². The van der Waals surface area contributed by atoms with Crippen molar-refractivity contribution in [2.45, 2.75) is 0 Å². The molecule has 3 nitrogen and oxygen atoms in total. The molecule has 0 unspecified atom stereocenters. The van der Waals surface area contributed by atoms with Crippen LogP contribution in [0.1, 0.15) is 0 Å². The van der Waals surface area contributed by atoms with Gasteiger partial charge < -0.3 is 9.47 Å². The van der Waals surface area contributed by atoms with Crippen LogP contribution in [0.3, 0.4) is 0 Å². The van der Waals surface area contributed by atoms with Crippen molar-refractivity contribution in [1.29, 1.82) is 0 Å². The second kappa shape index (κ2) is 14.1. The summed E-state index contributed by atoms with van der Waals surface area (Å²) < 4.78 is 2.39. The second-order valence-corrected chi connectivity index (χ2v) is 14.8. The summed E-state index contributed by atoms with van der Waals surface area (Å²) in [6.45, 7) is 0. The zero-order valence-corrected chi connectivity index (χ0v) is 31.7. The van der Waals surface area contributed by atoms with Crippen molar-refractivity contribution >= 4 is 60.5 Å². The zero-order chi connectivity index (χ0) is 38.4. The summed E-state index contributed by atoms with van der Waals surface area (Å²) in [5.41, 5.74) is 14.5. The molecule has 0 fully saturated rings. The van der Waals surface area contributed by atoms with Gasteiger partial charge in [-0.05, 0) is 100 Å². The van der Waals surface area contributed by atoms with Crippen molar-refractivity contribution in [3.63, 3.8) is 0 Å². The largest absolute Gasteiger partial charge is 0.311 e. The molecule has 2 aromatic heterocycles. The first-order valence-electron chi connectivity index (χ1n) is 19.8. The lowest BCUT2D eigenvalue weighted by molar-refractivity contribution is 1.18. The van der Waals surface area contributed by atoms with Crippen LogP contribution in [0, 0.1) is 0 Å². The van der Waals surface area contributed by atoms with Crippen LogP contribution < -0.4 is 4.90 Å². The Bertz CT molecular complexity index is 3140. The molecule has 0 aliphatic heterocycles. The molecule has 58 heavy (non-hydrogen) atoms. The highest BCUT2D eigenvalue weighted by atomic mass is 15.1. The van der Waals surface area contributed by atoms with Crippen LogP contribution >= 0.6 is 0 Å². The van der Waals surface area contributed by atoms with E-state index in [-0.39, 0.29) is 0 Å². The molecule has 272 valence electrons. The number of rotatable bonds is 7. The number of hydrogen-bond acceptors (Lipinski definition) is 2. The zero-order valence-electron chi connectivity index (χ0n) is 31.7. The van der Waals surface area contributed by atoms with E-state index in [0.29, 0.717) is 0 Å². The lowest BCUT2D eigenvalue weighted by atomic mass is 9.97. The van der Waals surface area contributed by atoms with E-state index in [4.69, 9.17) is 4.98 Å². The Hall–Kier alpha value is -7.75. The van der Waals surface area contributed by atoms with Gasteiger partial charge in [0.25, 0.3) is 0 Å². The number of benzene rings is 9. The third kappa shape index (κ3) is 5.80. The van der Waals surface area contributed by atoms with E-state index in [1.54, 1.807) is 0 Å². The number of fused-ring (bicyclic) bond motifs is 6. The molecule has 3 heteroatoms. The van der Waals surface area contributed by atoms with Crippen molar-refractivity contribution in [2.75, 3.05) is 4.90 Å². The summed E-state index contributed by atoms with van der Waals surface area (Å²) in [6.07, 6.45) is 0. The molecule has 0 N–H and O–H groups in total. The quantitative estimate of drug-likeness (QED) is 0.152. The van der Waals surface area contributed by atoms with Crippen molar-refractivity contribution in [2.24, 2.45) is 0 Å². The van der Waals surface area contributed by atoms with Gasteiger partial charge in [-0.25, -0.2) is 4.98 Å². The van der Waals surface area contributed by atoms with Crippen LogP contribution in [-0.2, 0) is 0 Å². The molecule has 11 rings (SSSR count). The van der Waals surface area contributed by atoms with Crippen LogP contribution in [0.4, 0.5) is 17.1 Å². The Kier molecular flexibility index (Phi) is 8.15. The maximum Gasteiger partial charge on any atom is 0.0788 e. The number of hydrogen-bond donors (Lipinski definition) is 0. The van der Waals surface area contributed by atoms with Crippen molar-refractivity contribution in [1.82, 2.24) is 9.55 Å². The van der Waals surface area contributed by atoms with Gasteiger partial charge >= 0.3 is 0 Å². The molecular formula is C55H37N3. The molecule has 0 saturated heterocycles. The van der Waals surface area contributed by atoms with E-state index in [1.165, 1.54) is 49.4 Å². The Morgan fingerprint density at radius 1 is 0.310 bits per heavy atom. The van der Waals surface area contributed by atoms with Gasteiger partial charge in [0.1, 0.15) is 0 Å². The summed E-state index contributed by atoms with van der Waals surface area (Å²) in [5, 5.41) is 5.96. The number of nitrogens with zero attached hydrogens (tertiary/aromatic N) is 3. The van der Waals surface area contributed by atoms with Gasteiger partial charge in [-0.15, -0.1) is 0 Å². The molecule has 11 aromatic rings. The maximum atomic E-state index is 5.38. The van der Waals surface area contributed by atoms with Crippen LogP contribution in [0.15, 0.2) is 224 Å². The third-order valence-electron chi connectivity index (χ3n) is 11.4. The third-order valence-corrected chi connectivity index (χ3v) is 11.4. The molecule has 0 amide bonds. The number of pyridine rings is 1. The minimum atomic E-state index is 0.970. The molecule has 0 saturated carbocycles. The Morgan fingerprint density at radius 2 is 0.776 bits per heavy atom. The summed E-state index contributed by atoms with van der Waals surface area (Å²) in [5.74, 6) is 0. The van der Waals surface area contributed by atoms with Crippen LogP contribution in [0.2, 0.25) is 0 Å². The van der Waals surface area contributed by atoms with Crippen LogP contribution in [0.25, 0.3) is 82.7 Å². The Labute approximate surface area is 337 Å². The standard InChI is InChI=1S/C55H37N3/c1-4-14-38(15-5-1)40-24-30-44(31-25-40)57(45-32-26-41(27-33-45)39-16-6-2-7-17-39)46-34-28-42(29-35-46)55-51-37-54-50(36-49(51)47-20-10-12-22-52(47)56-55)48-21-11-13-23-53(48)58(54)43-18-8-3-9-19-43/h1-37H. The van der Waals surface area contributed by atoms with Gasteiger partial charge in [-0.2, -0.15) is 0 Å². The summed E-state index contributed by atoms with van der Waals surface area (Å²) in [7, 11) is 0. The molecule has 0 radical (unpaired) electrons. The molecular weight excluding hydrogens is 703 g/mol. The van der Waals surface area contributed by atoms with Crippen molar-refractivity contribution < 1.29 is 0 Å². The van der Waals surface area contributed by atoms with E-state index in [2.05, 4.69) is 234 Å². The van der Waals surface area contributed by atoms with Crippen molar-refractivity contribution in [3.8, 4) is 39.2 Å². The molecule has 0 aliphatic carbocycles. The van der Waals surface area contributed by atoms with Crippen molar-refractivity contribution in [3.05, 3.63) is 224 Å². The SMILES string of the molecule is c1ccc(-c2ccc(N(c3ccc(-c4ccccc4)cc3)c3ccc(-c4nc5ccccc5c5cc6c7ccccc7n(-c7ccccc7)c6cc45)cc3)cc2)cc1. The van der Waals surface area contributed by atoms with E-state index in [0.717, 1.165) is 50.3 Å². The fraction of sp³-hybridized carbons (Fsp3) is 0. The first-order valence-corrected chi connectivity index (χ1v) is 19.8. The average Bonchev–Trinajstić information content (AvgIpc) is 3.63. The lowest BCUT2D eigenvalue weighted by Crippen LogP contribution is -2.09. The van der Waals surface area contributed by atoms with E-state index in [9.17, 15) is 0 Å². The van der Waals surface area contributed by atoms with E-state index in [1.807, 2.05) is 0 Å². The van der Waals surface area contributed by atoms with E-state index < -0.39 is 0 Å². The highest BCUT2D eigenvalue weighted by molar-refractivity contribution is 6.20. The van der Waals surface area contributed by atoms with Gasteiger partial charge in [-0.1, -0.05) is 152 Å². The Morgan fingerprint density at radius 3 is 1.36 bits per heavy atom. The first kappa shape index (κ1) is 33.6. The fourth-order valence-electron chi connectivity index (χ4n) is 8.57. The minimum Gasteiger partial charge on any atom is -0.311 e. The predicted molar refractivity (Wildman–Crippen MR) is 245 cm³/mol.